The Hall–Kier alpha value is -2.63. The molecule has 1 aliphatic heterocycles. The summed E-state index contributed by atoms with van der Waals surface area (Å²) in [4.78, 5) is 40.7. The number of amides is 3. The van der Waals surface area contributed by atoms with Crippen molar-refractivity contribution in [2.24, 2.45) is 35.5 Å². The number of rotatable bonds is 3. The van der Waals surface area contributed by atoms with Crippen LogP contribution in [0, 0.1) is 35.5 Å². The molecule has 0 aromatic heterocycles. The molecular weight excluding hydrogens is 435 g/mol. The minimum Gasteiger partial charge on any atom is -0.321 e. The third kappa shape index (κ3) is 2.80. The lowest BCUT2D eigenvalue weighted by molar-refractivity contribution is -0.124. The summed E-state index contributed by atoms with van der Waals surface area (Å²) in [5.41, 5.74) is 1.15. The van der Waals surface area contributed by atoms with Gasteiger partial charge in [0.25, 0.3) is 5.91 Å². The van der Waals surface area contributed by atoms with E-state index in [0.717, 1.165) is 6.42 Å². The maximum atomic E-state index is 13.3. The zero-order valence-electron chi connectivity index (χ0n) is 16.3. The van der Waals surface area contributed by atoms with Crippen LogP contribution in [0.25, 0.3) is 0 Å². The van der Waals surface area contributed by atoms with Crippen LogP contribution in [0.15, 0.2) is 54.6 Å². The van der Waals surface area contributed by atoms with Crippen molar-refractivity contribution in [2.45, 2.75) is 6.42 Å². The van der Waals surface area contributed by atoms with Crippen molar-refractivity contribution in [2.75, 3.05) is 10.2 Å². The highest BCUT2D eigenvalue weighted by atomic mass is 35.5. The van der Waals surface area contributed by atoms with E-state index in [1.807, 2.05) is 0 Å². The Balaban J connectivity index is 1.29. The van der Waals surface area contributed by atoms with E-state index >= 15 is 0 Å². The summed E-state index contributed by atoms with van der Waals surface area (Å²) < 4.78 is 0. The summed E-state index contributed by atoms with van der Waals surface area (Å²) in [6, 6.07) is 11.4. The largest absolute Gasteiger partial charge is 0.321 e. The van der Waals surface area contributed by atoms with Crippen LogP contribution >= 0.6 is 23.2 Å². The standard InChI is InChI=1S/C24H18Cl2N2O3/c25-12-4-7-18(26)19(9-12)27-22(29)11-2-1-3-13(8-11)28-23(30)20-14-5-6-15(17-10-16(14)17)21(20)24(28)31/h1-9,14-17,20-21H,10H2,(H,27,29)/t14-,15-,16-,17+,20-,21+/m1/s1. The number of hydrogen-bond acceptors (Lipinski definition) is 3. The van der Waals surface area contributed by atoms with Crippen molar-refractivity contribution in [3.05, 3.63) is 70.2 Å². The van der Waals surface area contributed by atoms with Gasteiger partial charge >= 0.3 is 0 Å². The zero-order chi connectivity index (χ0) is 21.4. The first-order chi connectivity index (χ1) is 14.9. The highest BCUT2D eigenvalue weighted by Crippen LogP contribution is 2.65. The van der Waals surface area contributed by atoms with E-state index in [2.05, 4.69) is 17.5 Å². The van der Waals surface area contributed by atoms with Gasteiger partial charge in [0.1, 0.15) is 0 Å². The molecule has 6 atom stereocenters. The molecule has 2 saturated carbocycles. The van der Waals surface area contributed by atoms with Gasteiger partial charge in [0.15, 0.2) is 0 Å². The molecule has 2 aromatic rings. The number of nitrogens with one attached hydrogen (secondary N) is 1. The predicted molar refractivity (Wildman–Crippen MR) is 118 cm³/mol. The number of allylic oxidation sites excluding steroid dienone is 2. The van der Waals surface area contributed by atoms with E-state index in [1.54, 1.807) is 42.5 Å². The molecule has 0 spiro atoms. The van der Waals surface area contributed by atoms with Gasteiger partial charge in [0, 0.05) is 10.6 Å². The summed E-state index contributed by atoms with van der Waals surface area (Å²) in [6.45, 7) is 0. The molecular formula is C24H18Cl2N2O3. The van der Waals surface area contributed by atoms with Gasteiger partial charge in [0.2, 0.25) is 11.8 Å². The van der Waals surface area contributed by atoms with Gasteiger partial charge in [0.05, 0.1) is 28.2 Å². The van der Waals surface area contributed by atoms with Crippen molar-refractivity contribution in [3.63, 3.8) is 0 Å². The number of halogens is 2. The Bertz CT molecular complexity index is 1160. The highest BCUT2D eigenvalue weighted by Gasteiger charge is 2.67. The lowest BCUT2D eigenvalue weighted by atomic mass is 9.63. The van der Waals surface area contributed by atoms with Crippen LogP contribution in [0.3, 0.4) is 0 Å². The zero-order valence-corrected chi connectivity index (χ0v) is 17.8. The Morgan fingerprint density at radius 1 is 0.935 bits per heavy atom. The molecule has 0 unspecified atom stereocenters. The van der Waals surface area contributed by atoms with Crippen LogP contribution in [0.2, 0.25) is 10.0 Å². The molecule has 3 fully saturated rings. The quantitative estimate of drug-likeness (QED) is 0.536. The van der Waals surface area contributed by atoms with Gasteiger partial charge in [-0.3, -0.25) is 14.4 Å². The molecule has 3 amide bonds. The molecule has 1 saturated heterocycles. The lowest BCUT2D eigenvalue weighted by Gasteiger charge is -2.37. The number of anilines is 2. The topological polar surface area (TPSA) is 66.5 Å². The van der Waals surface area contributed by atoms with E-state index in [0.29, 0.717) is 38.8 Å². The van der Waals surface area contributed by atoms with Crippen LogP contribution in [-0.4, -0.2) is 17.7 Å². The molecule has 4 aliphatic carbocycles. The lowest BCUT2D eigenvalue weighted by Crippen LogP contribution is -2.40. The van der Waals surface area contributed by atoms with Gasteiger partial charge in [-0.15, -0.1) is 0 Å². The van der Waals surface area contributed by atoms with E-state index in [-0.39, 0.29) is 35.5 Å². The number of carbonyl (C=O) groups is 3. The summed E-state index contributed by atoms with van der Waals surface area (Å²) >= 11 is 12.1. The normalized spacial score (nSPS) is 32.1. The Kier molecular flexibility index (Phi) is 4.11. The average Bonchev–Trinajstić information content (AvgIpc) is 3.54. The molecule has 2 bridgehead atoms. The number of carbonyl (C=O) groups excluding carboxylic acids is 3. The summed E-state index contributed by atoms with van der Waals surface area (Å²) in [6.07, 6.45) is 5.41. The molecule has 1 N–H and O–H groups in total. The average molecular weight is 453 g/mol. The van der Waals surface area contributed by atoms with Gasteiger partial charge in [-0.1, -0.05) is 41.4 Å². The maximum absolute atomic E-state index is 13.3. The fourth-order valence-electron chi connectivity index (χ4n) is 5.79. The summed E-state index contributed by atoms with van der Waals surface area (Å²) in [5, 5.41) is 3.55. The third-order valence-electron chi connectivity index (χ3n) is 7.21. The molecule has 31 heavy (non-hydrogen) atoms. The fraction of sp³-hybridized carbons (Fsp3) is 0.292. The fourth-order valence-corrected chi connectivity index (χ4v) is 6.12. The van der Waals surface area contributed by atoms with Crippen LogP contribution in [0.4, 0.5) is 11.4 Å². The van der Waals surface area contributed by atoms with Crippen LogP contribution in [0.5, 0.6) is 0 Å². The second kappa shape index (κ2) is 6.68. The second-order valence-electron chi connectivity index (χ2n) is 8.80. The van der Waals surface area contributed by atoms with Gasteiger partial charge in [-0.05, 0) is 66.5 Å². The first kappa shape index (κ1) is 19.1. The van der Waals surface area contributed by atoms with Crippen molar-refractivity contribution >= 4 is 52.3 Å². The van der Waals surface area contributed by atoms with E-state index in [4.69, 9.17) is 23.2 Å². The van der Waals surface area contributed by atoms with Crippen molar-refractivity contribution in [1.29, 1.82) is 0 Å². The number of hydrogen-bond donors (Lipinski definition) is 1. The van der Waals surface area contributed by atoms with Crippen LogP contribution in [0.1, 0.15) is 16.8 Å². The number of imide groups is 1. The molecule has 7 heteroatoms. The minimum absolute atomic E-state index is 0.143. The highest BCUT2D eigenvalue weighted by molar-refractivity contribution is 6.36. The van der Waals surface area contributed by atoms with E-state index in [1.165, 1.54) is 4.90 Å². The Morgan fingerprint density at radius 3 is 2.29 bits per heavy atom. The maximum Gasteiger partial charge on any atom is 0.255 e. The van der Waals surface area contributed by atoms with Gasteiger partial charge in [-0.2, -0.15) is 0 Å². The SMILES string of the molecule is O=C(Nc1cc(Cl)ccc1Cl)c1cccc(N2C(=O)[C@@H]3[C@@H]4C=C[C@H]([C@@H]5C[C@H]45)[C@@H]3C2=O)c1. The summed E-state index contributed by atoms with van der Waals surface area (Å²) in [5.74, 6) is 0.203. The molecule has 0 radical (unpaired) electrons. The van der Waals surface area contributed by atoms with Crippen molar-refractivity contribution in [1.82, 2.24) is 0 Å². The first-order valence-electron chi connectivity index (χ1n) is 10.4. The Morgan fingerprint density at radius 2 is 1.61 bits per heavy atom. The molecule has 2 aromatic carbocycles. The molecule has 1 heterocycles. The van der Waals surface area contributed by atoms with E-state index in [9.17, 15) is 14.4 Å². The second-order valence-corrected chi connectivity index (χ2v) is 9.64. The molecule has 5 nitrogen and oxygen atoms in total. The van der Waals surface area contributed by atoms with Crippen molar-refractivity contribution < 1.29 is 14.4 Å². The van der Waals surface area contributed by atoms with Gasteiger partial charge in [-0.25, -0.2) is 4.90 Å². The smallest absolute Gasteiger partial charge is 0.255 e. The minimum atomic E-state index is -0.398. The third-order valence-corrected chi connectivity index (χ3v) is 7.77. The van der Waals surface area contributed by atoms with Crippen LogP contribution < -0.4 is 10.2 Å². The first-order valence-corrected chi connectivity index (χ1v) is 11.1. The monoisotopic (exact) mass is 452 g/mol. The predicted octanol–water partition coefficient (Wildman–Crippen LogP) is 4.80. The number of nitrogens with zero attached hydrogens (tertiary/aromatic N) is 1. The van der Waals surface area contributed by atoms with Crippen LogP contribution in [-0.2, 0) is 9.59 Å². The molecule has 7 rings (SSSR count). The Labute approximate surface area is 189 Å². The molecule has 156 valence electrons. The van der Waals surface area contributed by atoms with Gasteiger partial charge < -0.3 is 5.32 Å². The summed E-state index contributed by atoms with van der Waals surface area (Å²) in [7, 11) is 0. The van der Waals surface area contributed by atoms with Crippen molar-refractivity contribution in [3.8, 4) is 0 Å². The van der Waals surface area contributed by atoms with E-state index < -0.39 is 5.91 Å². The molecule has 5 aliphatic rings. The number of benzene rings is 2.